The van der Waals surface area contributed by atoms with Crippen LogP contribution in [0.2, 0.25) is 0 Å². The first-order chi connectivity index (χ1) is 8.92. The minimum Gasteiger partial charge on any atom is -0.468 e. The van der Waals surface area contributed by atoms with Crippen LogP contribution in [0.1, 0.15) is 40.0 Å². The molecule has 1 atom stereocenters. The van der Waals surface area contributed by atoms with Crippen LogP contribution >= 0.6 is 0 Å². The Labute approximate surface area is 115 Å². The topological polar surface area (TPSA) is 63.6 Å². The van der Waals surface area contributed by atoms with Crippen LogP contribution in [0.5, 0.6) is 0 Å². The fourth-order valence-electron chi connectivity index (χ4n) is 1.65. The Balaban J connectivity index is 4.56. The molecule has 0 bridgehead atoms. The van der Waals surface area contributed by atoms with Crippen molar-refractivity contribution < 1.29 is 19.4 Å². The third-order valence-electron chi connectivity index (χ3n) is 2.84. The van der Waals surface area contributed by atoms with Gasteiger partial charge in [0.15, 0.2) is 0 Å². The van der Waals surface area contributed by atoms with E-state index in [1.165, 1.54) is 19.6 Å². The minimum atomic E-state index is -0.769. The van der Waals surface area contributed by atoms with E-state index in [1.807, 2.05) is 13.8 Å². The molecule has 0 aromatic heterocycles. The van der Waals surface area contributed by atoms with Gasteiger partial charge in [0.1, 0.15) is 11.7 Å². The molecule has 0 aliphatic carbocycles. The predicted molar refractivity (Wildman–Crippen MR) is 74.6 cm³/mol. The van der Waals surface area contributed by atoms with Crippen LogP contribution in [0.4, 0.5) is 0 Å². The fraction of sp³-hybridized carbons (Fsp3) is 0.600. The lowest BCUT2D eigenvalue weighted by Crippen LogP contribution is -2.22. The molecule has 0 rings (SSSR count). The second kappa shape index (κ2) is 9.50. The molecule has 108 valence electrons. The molecule has 0 saturated heterocycles. The van der Waals surface area contributed by atoms with E-state index in [1.54, 1.807) is 6.08 Å². The number of hydrogen-bond acceptors (Lipinski definition) is 4. The average Bonchev–Trinajstić information content (AvgIpc) is 2.35. The van der Waals surface area contributed by atoms with Crippen LogP contribution in [0.25, 0.3) is 0 Å². The van der Waals surface area contributed by atoms with Gasteiger partial charge in [-0.05, 0) is 45.6 Å². The zero-order valence-electron chi connectivity index (χ0n) is 12.2. The average molecular weight is 268 g/mol. The summed E-state index contributed by atoms with van der Waals surface area (Å²) in [5, 5.41) is 9.25. The number of Topliss-reactive ketones (excluding diaryl/α,β-unsaturated/α-hetero) is 1. The maximum absolute atomic E-state index is 11.4. The van der Waals surface area contributed by atoms with E-state index in [0.717, 1.165) is 18.4 Å². The largest absolute Gasteiger partial charge is 0.468 e. The monoisotopic (exact) mass is 268 g/mol. The number of aliphatic hydroxyl groups excluding tert-OH is 1. The second-order valence-electron chi connectivity index (χ2n) is 4.76. The summed E-state index contributed by atoms with van der Waals surface area (Å²) in [5.41, 5.74) is 2.07. The Morgan fingerprint density at radius 1 is 1.21 bits per heavy atom. The lowest BCUT2D eigenvalue weighted by atomic mass is 9.98. The molecule has 4 nitrogen and oxygen atoms in total. The van der Waals surface area contributed by atoms with Gasteiger partial charge in [-0.3, -0.25) is 9.59 Å². The van der Waals surface area contributed by atoms with Crippen LogP contribution in [0.15, 0.2) is 23.3 Å². The lowest BCUT2D eigenvalue weighted by Gasteiger charge is -2.10. The quantitative estimate of drug-likeness (QED) is 0.417. The fourth-order valence-corrected chi connectivity index (χ4v) is 1.65. The first kappa shape index (κ1) is 17.6. The van der Waals surface area contributed by atoms with Crippen LogP contribution in [-0.4, -0.2) is 30.6 Å². The minimum absolute atomic E-state index is 0.0532. The van der Waals surface area contributed by atoms with Gasteiger partial charge in [0.05, 0.1) is 13.7 Å². The number of hydrogen-bond donors (Lipinski definition) is 1. The van der Waals surface area contributed by atoms with Gasteiger partial charge >= 0.3 is 5.97 Å². The number of allylic oxidation sites excluding steroid dienone is 3. The van der Waals surface area contributed by atoms with E-state index in [4.69, 9.17) is 0 Å². The van der Waals surface area contributed by atoms with Gasteiger partial charge in [-0.25, -0.2) is 0 Å². The van der Waals surface area contributed by atoms with Crippen molar-refractivity contribution in [3.8, 4) is 0 Å². The molecule has 0 fully saturated rings. The smallest absolute Gasteiger partial charge is 0.316 e. The predicted octanol–water partition coefficient (Wildman–Crippen LogP) is 2.42. The second-order valence-corrected chi connectivity index (χ2v) is 4.76. The van der Waals surface area contributed by atoms with Crippen molar-refractivity contribution in [2.45, 2.75) is 40.0 Å². The Kier molecular flexibility index (Phi) is 8.79. The summed E-state index contributed by atoms with van der Waals surface area (Å²) in [6.07, 6.45) is 5.71. The van der Waals surface area contributed by atoms with Gasteiger partial charge < -0.3 is 9.84 Å². The molecule has 4 heteroatoms. The summed E-state index contributed by atoms with van der Waals surface area (Å²) in [4.78, 5) is 22.8. The summed E-state index contributed by atoms with van der Waals surface area (Å²) in [6, 6.07) is 0. The molecule has 0 aliphatic heterocycles. The van der Waals surface area contributed by atoms with Gasteiger partial charge in [-0.2, -0.15) is 0 Å². The van der Waals surface area contributed by atoms with Gasteiger partial charge in [0, 0.05) is 0 Å². The van der Waals surface area contributed by atoms with E-state index in [-0.39, 0.29) is 18.8 Å². The van der Waals surface area contributed by atoms with E-state index < -0.39 is 11.9 Å². The summed E-state index contributed by atoms with van der Waals surface area (Å²) in [6.45, 7) is 5.36. The Hall–Kier alpha value is -1.42. The van der Waals surface area contributed by atoms with E-state index in [2.05, 4.69) is 10.8 Å². The molecule has 1 N–H and O–H groups in total. The highest BCUT2D eigenvalue weighted by Gasteiger charge is 2.22. The maximum Gasteiger partial charge on any atom is 0.316 e. The number of carbonyl (C=O) groups excluding carboxylic acids is 2. The Morgan fingerprint density at radius 3 is 2.26 bits per heavy atom. The van der Waals surface area contributed by atoms with Crippen molar-refractivity contribution in [2.24, 2.45) is 5.92 Å². The van der Waals surface area contributed by atoms with Crippen molar-refractivity contribution in [3.05, 3.63) is 23.3 Å². The van der Waals surface area contributed by atoms with Gasteiger partial charge in [-0.1, -0.05) is 17.7 Å². The van der Waals surface area contributed by atoms with Crippen LogP contribution in [-0.2, 0) is 14.3 Å². The SMILES string of the molecule is COC(=O)C(C/C=C(\CO)CCC=C(C)C)C(C)=O. The number of rotatable bonds is 8. The van der Waals surface area contributed by atoms with Crippen molar-refractivity contribution in [3.63, 3.8) is 0 Å². The van der Waals surface area contributed by atoms with Gasteiger partial charge in [-0.15, -0.1) is 0 Å². The summed E-state index contributed by atoms with van der Waals surface area (Å²) in [7, 11) is 1.27. The molecule has 19 heavy (non-hydrogen) atoms. The van der Waals surface area contributed by atoms with E-state index in [9.17, 15) is 14.7 Å². The van der Waals surface area contributed by atoms with Crippen molar-refractivity contribution in [2.75, 3.05) is 13.7 Å². The molecule has 0 aromatic carbocycles. The molecule has 0 aromatic rings. The van der Waals surface area contributed by atoms with E-state index in [0.29, 0.717) is 0 Å². The number of carbonyl (C=O) groups is 2. The molecule has 0 heterocycles. The van der Waals surface area contributed by atoms with Crippen LogP contribution in [0.3, 0.4) is 0 Å². The van der Waals surface area contributed by atoms with Gasteiger partial charge in [0.2, 0.25) is 0 Å². The molecule has 0 aliphatic rings. The molecule has 0 radical (unpaired) electrons. The molecular formula is C15H24O4. The summed E-state index contributed by atoms with van der Waals surface area (Å²) < 4.78 is 4.59. The first-order valence-electron chi connectivity index (χ1n) is 6.42. The molecular weight excluding hydrogens is 244 g/mol. The highest BCUT2D eigenvalue weighted by atomic mass is 16.5. The highest BCUT2D eigenvalue weighted by Crippen LogP contribution is 2.13. The molecule has 0 amide bonds. The van der Waals surface area contributed by atoms with Crippen molar-refractivity contribution in [1.82, 2.24) is 0 Å². The van der Waals surface area contributed by atoms with Crippen molar-refractivity contribution in [1.29, 1.82) is 0 Å². The number of esters is 1. The molecule has 1 unspecified atom stereocenters. The summed E-state index contributed by atoms with van der Waals surface area (Å²) >= 11 is 0. The van der Waals surface area contributed by atoms with Gasteiger partial charge in [0.25, 0.3) is 0 Å². The van der Waals surface area contributed by atoms with E-state index >= 15 is 0 Å². The normalized spacial score (nSPS) is 12.8. The number of aliphatic hydroxyl groups is 1. The Morgan fingerprint density at radius 2 is 1.84 bits per heavy atom. The third-order valence-corrected chi connectivity index (χ3v) is 2.84. The number of methoxy groups -OCH3 is 1. The Bertz CT molecular complexity index is 362. The maximum atomic E-state index is 11.4. The first-order valence-corrected chi connectivity index (χ1v) is 6.42. The third kappa shape index (κ3) is 7.57. The zero-order chi connectivity index (χ0) is 14.8. The zero-order valence-corrected chi connectivity index (χ0v) is 12.2. The highest BCUT2D eigenvalue weighted by molar-refractivity contribution is 5.97. The number of ether oxygens (including phenoxy) is 1. The van der Waals surface area contributed by atoms with Crippen LogP contribution < -0.4 is 0 Å². The molecule has 0 spiro atoms. The molecule has 0 saturated carbocycles. The number of ketones is 1. The summed E-state index contributed by atoms with van der Waals surface area (Å²) in [5.74, 6) is -1.51. The van der Waals surface area contributed by atoms with Crippen LogP contribution in [0, 0.1) is 5.92 Å². The standard InChI is InChI=1S/C15H24O4/c1-11(2)6-5-7-13(10-16)8-9-14(12(3)17)15(18)19-4/h6,8,14,16H,5,7,9-10H2,1-4H3/b13-8-. The van der Waals surface area contributed by atoms with Crippen molar-refractivity contribution >= 4 is 11.8 Å². The lowest BCUT2D eigenvalue weighted by molar-refractivity contribution is -0.148.